The standard InChI is InChI=1S/C25H25N5O4/c1-17-7-8-19(15-22(17)30(32)33)25(31)29-10-9-21-20(16-29)24(28-11-13-34-14-12-28)27-23(26-21)18-5-3-2-4-6-18/h2-8,15H,9-14,16H2,1H3. The van der Waals surface area contributed by atoms with Gasteiger partial charge in [-0.25, -0.2) is 9.97 Å². The average molecular weight is 460 g/mol. The fraction of sp³-hybridized carbons (Fsp3) is 0.320. The van der Waals surface area contributed by atoms with Crippen molar-refractivity contribution < 1.29 is 14.5 Å². The number of benzene rings is 2. The van der Waals surface area contributed by atoms with Crippen molar-refractivity contribution >= 4 is 17.4 Å². The molecule has 0 radical (unpaired) electrons. The van der Waals surface area contributed by atoms with E-state index < -0.39 is 4.92 Å². The molecule has 0 aliphatic carbocycles. The van der Waals surface area contributed by atoms with Crippen molar-refractivity contribution in [3.8, 4) is 11.4 Å². The number of anilines is 1. The van der Waals surface area contributed by atoms with Crippen LogP contribution in [-0.4, -0.2) is 58.5 Å². The van der Waals surface area contributed by atoms with Gasteiger partial charge in [-0.3, -0.25) is 14.9 Å². The number of amides is 1. The first kappa shape index (κ1) is 22.0. The second-order valence-corrected chi connectivity index (χ2v) is 8.50. The number of carbonyl (C=O) groups excluding carboxylic acids is 1. The number of hydrogen-bond donors (Lipinski definition) is 0. The normalized spacial score (nSPS) is 15.7. The molecule has 2 aliphatic heterocycles. The van der Waals surface area contributed by atoms with Crippen LogP contribution >= 0.6 is 0 Å². The molecule has 174 valence electrons. The van der Waals surface area contributed by atoms with E-state index in [2.05, 4.69) is 4.90 Å². The lowest BCUT2D eigenvalue weighted by molar-refractivity contribution is -0.385. The zero-order chi connectivity index (χ0) is 23.7. The highest BCUT2D eigenvalue weighted by Gasteiger charge is 2.29. The quantitative estimate of drug-likeness (QED) is 0.435. The molecular weight excluding hydrogens is 434 g/mol. The van der Waals surface area contributed by atoms with Crippen LogP contribution in [0.1, 0.15) is 27.2 Å². The Morgan fingerprint density at radius 3 is 2.56 bits per heavy atom. The number of nitro benzene ring substituents is 1. The van der Waals surface area contributed by atoms with E-state index >= 15 is 0 Å². The molecule has 1 aromatic heterocycles. The van der Waals surface area contributed by atoms with Crippen molar-refractivity contribution in [3.63, 3.8) is 0 Å². The lowest BCUT2D eigenvalue weighted by atomic mass is 10.0. The van der Waals surface area contributed by atoms with Gasteiger partial charge in [0.05, 0.1) is 30.4 Å². The van der Waals surface area contributed by atoms with Crippen molar-refractivity contribution in [3.05, 3.63) is 81.0 Å². The zero-order valence-electron chi connectivity index (χ0n) is 18.9. The topological polar surface area (TPSA) is 102 Å². The van der Waals surface area contributed by atoms with E-state index in [-0.39, 0.29) is 11.6 Å². The maximum absolute atomic E-state index is 13.3. The summed E-state index contributed by atoms with van der Waals surface area (Å²) < 4.78 is 5.53. The molecule has 0 unspecified atom stereocenters. The van der Waals surface area contributed by atoms with Crippen LogP contribution in [0.25, 0.3) is 11.4 Å². The minimum atomic E-state index is -0.451. The van der Waals surface area contributed by atoms with Crippen LogP contribution in [0.2, 0.25) is 0 Å². The highest BCUT2D eigenvalue weighted by Crippen LogP contribution is 2.31. The molecule has 1 saturated heterocycles. The van der Waals surface area contributed by atoms with Gasteiger partial charge in [-0.05, 0) is 13.0 Å². The summed E-state index contributed by atoms with van der Waals surface area (Å²) >= 11 is 0. The summed E-state index contributed by atoms with van der Waals surface area (Å²) in [6, 6.07) is 14.5. The Kier molecular flexibility index (Phi) is 5.93. The summed E-state index contributed by atoms with van der Waals surface area (Å²) in [6.45, 7) is 5.19. The summed E-state index contributed by atoms with van der Waals surface area (Å²) in [7, 11) is 0. The monoisotopic (exact) mass is 459 g/mol. The Bertz CT molecular complexity index is 1240. The molecule has 2 aromatic carbocycles. The Morgan fingerprint density at radius 1 is 1.06 bits per heavy atom. The van der Waals surface area contributed by atoms with Crippen LogP contribution in [0.5, 0.6) is 0 Å². The second-order valence-electron chi connectivity index (χ2n) is 8.50. The van der Waals surface area contributed by atoms with Gasteiger partial charge >= 0.3 is 0 Å². The molecule has 0 atom stereocenters. The lowest BCUT2D eigenvalue weighted by Gasteiger charge is -2.34. The Morgan fingerprint density at radius 2 is 1.82 bits per heavy atom. The molecular formula is C25H25N5O4. The summed E-state index contributed by atoms with van der Waals surface area (Å²) in [6.07, 6.45) is 0.592. The molecule has 0 saturated carbocycles. The average Bonchev–Trinajstić information content (AvgIpc) is 2.88. The number of nitrogens with zero attached hydrogens (tertiary/aromatic N) is 5. The molecule has 9 heteroatoms. The number of nitro groups is 1. The Labute approximate surface area is 197 Å². The molecule has 5 rings (SSSR count). The molecule has 0 bridgehead atoms. The van der Waals surface area contributed by atoms with E-state index in [1.54, 1.807) is 24.0 Å². The number of fused-ring (bicyclic) bond motifs is 1. The number of morpholine rings is 1. The van der Waals surface area contributed by atoms with Crippen LogP contribution in [0.15, 0.2) is 48.5 Å². The zero-order valence-corrected chi connectivity index (χ0v) is 18.9. The van der Waals surface area contributed by atoms with Crippen molar-refractivity contribution in [1.29, 1.82) is 0 Å². The third-order valence-electron chi connectivity index (χ3n) is 6.32. The molecule has 3 heterocycles. The number of ether oxygens (including phenoxy) is 1. The third-order valence-corrected chi connectivity index (χ3v) is 6.32. The molecule has 1 amide bonds. The molecule has 0 spiro atoms. The molecule has 9 nitrogen and oxygen atoms in total. The van der Waals surface area contributed by atoms with Crippen LogP contribution in [0, 0.1) is 17.0 Å². The van der Waals surface area contributed by atoms with E-state index in [1.165, 1.54) is 6.07 Å². The number of carbonyl (C=O) groups is 1. The lowest BCUT2D eigenvalue weighted by Crippen LogP contribution is -2.41. The first-order valence-electron chi connectivity index (χ1n) is 11.3. The Hall–Kier alpha value is -3.85. The van der Waals surface area contributed by atoms with E-state index in [0.29, 0.717) is 49.7 Å². The summed E-state index contributed by atoms with van der Waals surface area (Å²) in [5, 5.41) is 11.4. The minimum absolute atomic E-state index is 0.0481. The van der Waals surface area contributed by atoms with Crippen LogP contribution in [0.4, 0.5) is 11.5 Å². The van der Waals surface area contributed by atoms with Gasteiger partial charge in [-0.2, -0.15) is 0 Å². The smallest absolute Gasteiger partial charge is 0.273 e. The van der Waals surface area contributed by atoms with Crippen molar-refractivity contribution in [2.45, 2.75) is 19.9 Å². The van der Waals surface area contributed by atoms with Gasteiger partial charge in [-0.15, -0.1) is 0 Å². The van der Waals surface area contributed by atoms with E-state index in [0.717, 1.165) is 35.7 Å². The maximum Gasteiger partial charge on any atom is 0.273 e. The van der Waals surface area contributed by atoms with Crippen LogP contribution in [0.3, 0.4) is 0 Å². The van der Waals surface area contributed by atoms with Gasteiger partial charge in [0.15, 0.2) is 5.82 Å². The summed E-state index contributed by atoms with van der Waals surface area (Å²) in [4.78, 5) is 37.9. The van der Waals surface area contributed by atoms with Crippen molar-refractivity contribution in [2.75, 3.05) is 37.7 Å². The fourth-order valence-electron chi connectivity index (χ4n) is 4.44. The van der Waals surface area contributed by atoms with Crippen molar-refractivity contribution in [1.82, 2.24) is 14.9 Å². The number of rotatable bonds is 4. The minimum Gasteiger partial charge on any atom is -0.378 e. The van der Waals surface area contributed by atoms with Gasteiger partial charge in [0, 0.05) is 54.4 Å². The number of hydrogen-bond acceptors (Lipinski definition) is 7. The summed E-state index contributed by atoms with van der Waals surface area (Å²) in [5.74, 6) is 1.28. The number of aromatic nitrogens is 2. The van der Waals surface area contributed by atoms with Gasteiger partial charge in [-0.1, -0.05) is 36.4 Å². The SMILES string of the molecule is Cc1ccc(C(=O)N2CCc3nc(-c4ccccc4)nc(N4CCOCC4)c3C2)cc1[N+](=O)[O-]. The van der Waals surface area contributed by atoms with Crippen molar-refractivity contribution in [2.24, 2.45) is 0 Å². The Balaban J connectivity index is 1.50. The largest absolute Gasteiger partial charge is 0.378 e. The van der Waals surface area contributed by atoms with Gasteiger partial charge in [0.2, 0.25) is 0 Å². The third kappa shape index (κ3) is 4.22. The highest BCUT2D eigenvalue weighted by molar-refractivity contribution is 5.95. The highest BCUT2D eigenvalue weighted by atomic mass is 16.6. The number of aryl methyl sites for hydroxylation is 1. The van der Waals surface area contributed by atoms with Crippen LogP contribution < -0.4 is 4.90 Å². The van der Waals surface area contributed by atoms with Crippen LogP contribution in [-0.2, 0) is 17.7 Å². The molecule has 3 aromatic rings. The first-order chi connectivity index (χ1) is 16.5. The molecule has 1 fully saturated rings. The first-order valence-corrected chi connectivity index (χ1v) is 11.3. The molecule has 2 aliphatic rings. The predicted octanol–water partition coefficient (Wildman–Crippen LogP) is 3.40. The maximum atomic E-state index is 13.3. The molecule has 34 heavy (non-hydrogen) atoms. The van der Waals surface area contributed by atoms with Gasteiger partial charge in [0.1, 0.15) is 5.82 Å². The molecule has 0 N–H and O–H groups in total. The van der Waals surface area contributed by atoms with E-state index in [9.17, 15) is 14.9 Å². The van der Waals surface area contributed by atoms with E-state index in [4.69, 9.17) is 14.7 Å². The second kappa shape index (κ2) is 9.18. The van der Waals surface area contributed by atoms with Gasteiger partial charge < -0.3 is 14.5 Å². The van der Waals surface area contributed by atoms with Gasteiger partial charge in [0.25, 0.3) is 11.6 Å². The fourth-order valence-corrected chi connectivity index (χ4v) is 4.44. The summed E-state index contributed by atoms with van der Waals surface area (Å²) in [5.41, 5.74) is 3.62. The predicted molar refractivity (Wildman–Crippen MR) is 127 cm³/mol. The van der Waals surface area contributed by atoms with E-state index in [1.807, 2.05) is 30.3 Å².